The monoisotopic (exact) mass is 287 g/mol. The fraction of sp³-hybridized carbons (Fsp3) is 0.667. The summed E-state index contributed by atoms with van der Waals surface area (Å²) in [6.45, 7) is 9.56. The number of likely N-dealkylation sites (tertiary alicyclic amines) is 1. The van der Waals surface area contributed by atoms with E-state index in [0.717, 1.165) is 18.6 Å². The van der Waals surface area contributed by atoms with Gasteiger partial charge in [-0.3, -0.25) is 9.80 Å². The SMILES string of the molecule is CCCN(C1CNC1)C1CCCN(Cc2ccccc2)C1. The van der Waals surface area contributed by atoms with Gasteiger partial charge in [-0.15, -0.1) is 0 Å². The van der Waals surface area contributed by atoms with Gasteiger partial charge >= 0.3 is 0 Å². The molecule has 0 amide bonds. The minimum Gasteiger partial charge on any atom is -0.314 e. The molecule has 0 aliphatic carbocycles. The van der Waals surface area contributed by atoms with Crippen LogP contribution in [0, 0.1) is 0 Å². The summed E-state index contributed by atoms with van der Waals surface area (Å²) < 4.78 is 0. The van der Waals surface area contributed by atoms with Crippen LogP contribution in [0.5, 0.6) is 0 Å². The van der Waals surface area contributed by atoms with Crippen molar-refractivity contribution in [3.05, 3.63) is 35.9 Å². The lowest BCUT2D eigenvalue weighted by Crippen LogP contribution is -2.62. The third kappa shape index (κ3) is 3.85. The van der Waals surface area contributed by atoms with Crippen molar-refractivity contribution < 1.29 is 0 Å². The van der Waals surface area contributed by atoms with Crippen LogP contribution < -0.4 is 5.32 Å². The van der Waals surface area contributed by atoms with Gasteiger partial charge in [0.15, 0.2) is 0 Å². The van der Waals surface area contributed by atoms with Crippen LogP contribution in [0.15, 0.2) is 30.3 Å². The van der Waals surface area contributed by atoms with Crippen LogP contribution in [0.2, 0.25) is 0 Å². The molecule has 0 spiro atoms. The van der Waals surface area contributed by atoms with E-state index >= 15 is 0 Å². The first-order chi connectivity index (χ1) is 10.4. The van der Waals surface area contributed by atoms with Crippen LogP contribution in [0.3, 0.4) is 0 Å². The molecular formula is C18H29N3. The molecule has 0 aromatic heterocycles. The molecule has 2 aliphatic rings. The van der Waals surface area contributed by atoms with Crippen LogP contribution in [0.25, 0.3) is 0 Å². The van der Waals surface area contributed by atoms with E-state index in [9.17, 15) is 0 Å². The fourth-order valence-corrected chi connectivity index (χ4v) is 3.72. The van der Waals surface area contributed by atoms with Crippen LogP contribution in [0.4, 0.5) is 0 Å². The Balaban J connectivity index is 1.58. The standard InChI is InChI=1S/C18H29N3/c1-2-10-21(18-12-19-13-18)17-9-6-11-20(15-17)14-16-7-4-3-5-8-16/h3-5,7-8,17-19H,2,6,9-15H2,1H3. The molecule has 2 heterocycles. The maximum absolute atomic E-state index is 3.43. The van der Waals surface area contributed by atoms with Crippen molar-refractivity contribution in [1.82, 2.24) is 15.1 Å². The zero-order chi connectivity index (χ0) is 14.5. The smallest absolute Gasteiger partial charge is 0.0348 e. The highest BCUT2D eigenvalue weighted by Gasteiger charge is 2.32. The van der Waals surface area contributed by atoms with Crippen molar-refractivity contribution in [3.63, 3.8) is 0 Å². The summed E-state index contributed by atoms with van der Waals surface area (Å²) in [6.07, 6.45) is 3.99. The van der Waals surface area contributed by atoms with Crippen molar-refractivity contribution in [2.75, 3.05) is 32.7 Å². The van der Waals surface area contributed by atoms with E-state index in [4.69, 9.17) is 0 Å². The molecule has 2 fully saturated rings. The summed E-state index contributed by atoms with van der Waals surface area (Å²) in [5.74, 6) is 0. The molecule has 3 rings (SSSR count). The average molecular weight is 287 g/mol. The molecule has 1 aromatic carbocycles. The van der Waals surface area contributed by atoms with Gasteiger partial charge in [0.2, 0.25) is 0 Å². The van der Waals surface area contributed by atoms with E-state index < -0.39 is 0 Å². The van der Waals surface area contributed by atoms with Gasteiger partial charge in [-0.25, -0.2) is 0 Å². The van der Waals surface area contributed by atoms with Crippen molar-refractivity contribution in [3.8, 4) is 0 Å². The molecule has 1 atom stereocenters. The van der Waals surface area contributed by atoms with E-state index in [1.165, 1.54) is 57.5 Å². The van der Waals surface area contributed by atoms with E-state index in [0.29, 0.717) is 0 Å². The number of hydrogen-bond acceptors (Lipinski definition) is 3. The van der Waals surface area contributed by atoms with E-state index in [-0.39, 0.29) is 0 Å². The summed E-state index contributed by atoms with van der Waals surface area (Å²) in [5, 5.41) is 3.43. The largest absolute Gasteiger partial charge is 0.314 e. The highest BCUT2D eigenvalue weighted by atomic mass is 15.3. The fourth-order valence-electron chi connectivity index (χ4n) is 3.72. The molecule has 2 saturated heterocycles. The summed E-state index contributed by atoms with van der Waals surface area (Å²) in [7, 11) is 0. The van der Waals surface area contributed by atoms with Gasteiger partial charge in [-0.2, -0.15) is 0 Å². The zero-order valence-corrected chi connectivity index (χ0v) is 13.3. The van der Waals surface area contributed by atoms with Crippen molar-refractivity contribution >= 4 is 0 Å². The second-order valence-corrected chi connectivity index (χ2v) is 6.57. The predicted octanol–water partition coefficient (Wildman–Crippen LogP) is 2.33. The minimum atomic E-state index is 0.759. The van der Waals surface area contributed by atoms with Crippen LogP contribution in [-0.4, -0.2) is 54.6 Å². The predicted molar refractivity (Wildman–Crippen MR) is 88.4 cm³/mol. The van der Waals surface area contributed by atoms with E-state index in [2.05, 4.69) is 52.4 Å². The van der Waals surface area contributed by atoms with E-state index in [1.54, 1.807) is 0 Å². The number of hydrogen-bond donors (Lipinski definition) is 1. The van der Waals surface area contributed by atoms with Gasteiger partial charge in [0, 0.05) is 38.3 Å². The molecule has 3 nitrogen and oxygen atoms in total. The molecule has 3 heteroatoms. The molecule has 0 radical (unpaired) electrons. The second kappa shape index (κ2) is 7.39. The van der Waals surface area contributed by atoms with Crippen LogP contribution in [-0.2, 0) is 6.54 Å². The normalized spacial score (nSPS) is 24.2. The molecule has 1 aromatic rings. The van der Waals surface area contributed by atoms with Gasteiger partial charge in [-0.05, 0) is 37.9 Å². The maximum Gasteiger partial charge on any atom is 0.0348 e. The molecule has 2 aliphatic heterocycles. The zero-order valence-electron chi connectivity index (χ0n) is 13.3. The molecular weight excluding hydrogens is 258 g/mol. The van der Waals surface area contributed by atoms with Gasteiger partial charge in [0.25, 0.3) is 0 Å². The summed E-state index contributed by atoms with van der Waals surface area (Å²) in [4.78, 5) is 5.44. The molecule has 0 bridgehead atoms. The first-order valence-corrected chi connectivity index (χ1v) is 8.59. The summed E-state index contributed by atoms with van der Waals surface area (Å²) in [5.41, 5.74) is 1.45. The lowest BCUT2D eigenvalue weighted by molar-refractivity contribution is 0.0415. The quantitative estimate of drug-likeness (QED) is 0.866. The number of benzene rings is 1. The number of rotatable bonds is 6. The van der Waals surface area contributed by atoms with E-state index in [1.807, 2.05) is 0 Å². The Labute approximate surface area is 129 Å². The highest BCUT2D eigenvalue weighted by Crippen LogP contribution is 2.21. The first-order valence-electron chi connectivity index (χ1n) is 8.59. The lowest BCUT2D eigenvalue weighted by atomic mass is 9.99. The Morgan fingerprint density at radius 1 is 1.19 bits per heavy atom. The molecule has 1 N–H and O–H groups in total. The summed E-state index contributed by atoms with van der Waals surface area (Å²) in [6, 6.07) is 12.5. The number of nitrogens with zero attached hydrogens (tertiary/aromatic N) is 2. The molecule has 0 saturated carbocycles. The number of piperidine rings is 1. The lowest BCUT2D eigenvalue weighted by Gasteiger charge is -2.46. The van der Waals surface area contributed by atoms with Gasteiger partial charge in [-0.1, -0.05) is 37.3 Å². The summed E-state index contributed by atoms with van der Waals surface area (Å²) >= 11 is 0. The van der Waals surface area contributed by atoms with Gasteiger partial charge < -0.3 is 5.32 Å². The maximum atomic E-state index is 3.43. The number of nitrogens with one attached hydrogen (secondary N) is 1. The third-order valence-electron chi connectivity index (χ3n) is 4.91. The minimum absolute atomic E-state index is 0.759. The molecule has 21 heavy (non-hydrogen) atoms. The van der Waals surface area contributed by atoms with Crippen molar-refractivity contribution in [1.29, 1.82) is 0 Å². The van der Waals surface area contributed by atoms with Gasteiger partial charge in [0.1, 0.15) is 0 Å². The van der Waals surface area contributed by atoms with Gasteiger partial charge in [0.05, 0.1) is 0 Å². The Hall–Kier alpha value is -0.900. The van der Waals surface area contributed by atoms with Crippen molar-refractivity contribution in [2.45, 2.75) is 44.8 Å². The Morgan fingerprint density at radius 2 is 2.00 bits per heavy atom. The Kier molecular flexibility index (Phi) is 5.28. The van der Waals surface area contributed by atoms with Crippen LogP contribution in [0.1, 0.15) is 31.7 Å². The topological polar surface area (TPSA) is 18.5 Å². The first kappa shape index (κ1) is 15.0. The Morgan fingerprint density at radius 3 is 2.67 bits per heavy atom. The third-order valence-corrected chi connectivity index (χ3v) is 4.91. The molecule has 1 unspecified atom stereocenters. The Bertz CT molecular complexity index is 416. The average Bonchev–Trinajstić information content (AvgIpc) is 2.46. The molecule has 116 valence electrons. The van der Waals surface area contributed by atoms with Crippen molar-refractivity contribution in [2.24, 2.45) is 0 Å². The van der Waals surface area contributed by atoms with Crippen LogP contribution >= 0.6 is 0 Å². The highest BCUT2D eigenvalue weighted by molar-refractivity contribution is 5.14. The second-order valence-electron chi connectivity index (χ2n) is 6.57.